The van der Waals surface area contributed by atoms with Crippen LogP contribution in [0.3, 0.4) is 0 Å². The molecule has 2 aliphatic rings. The maximum Gasteiger partial charge on any atom is 0.261 e. The van der Waals surface area contributed by atoms with Gasteiger partial charge >= 0.3 is 0 Å². The maximum atomic E-state index is 12.9. The second-order valence-corrected chi connectivity index (χ2v) is 9.08. The molecule has 1 aromatic heterocycles. The van der Waals surface area contributed by atoms with Crippen molar-refractivity contribution >= 4 is 29.0 Å². The molecule has 138 valence electrons. The molecule has 1 amide bonds. The van der Waals surface area contributed by atoms with E-state index in [4.69, 9.17) is 12.2 Å². The molecule has 1 heterocycles. The first kappa shape index (κ1) is 17.5. The van der Waals surface area contributed by atoms with Crippen molar-refractivity contribution in [2.24, 2.45) is 23.8 Å². The van der Waals surface area contributed by atoms with E-state index in [1.807, 2.05) is 0 Å². The van der Waals surface area contributed by atoms with E-state index >= 15 is 0 Å². The Hall–Kier alpha value is -1.95. The highest BCUT2D eigenvalue weighted by atomic mass is 32.1. The molecule has 3 unspecified atom stereocenters. The highest BCUT2D eigenvalue weighted by Crippen LogP contribution is 2.65. The molecule has 2 aromatic rings. The van der Waals surface area contributed by atoms with Crippen LogP contribution in [0.2, 0.25) is 0 Å². The van der Waals surface area contributed by atoms with Gasteiger partial charge < -0.3 is 10.3 Å². The summed E-state index contributed by atoms with van der Waals surface area (Å²) in [6.07, 6.45) is 3.47. The fourth-order valence-corrected chi connectivity index (χ4v) is 5.30. The Morgan fingerprint density at radius 2 is 2.08 bits per heavy atom. The number of carbonyl (C=O) groups excluding carboxylic acids is 1. The van der Waals surface area contributed by atoms with Crippen LogP contribution in [-0.4, -0.2) is 21.5 Å². The third-order valence-corrected chi connectivity index (χ3v) is 7.84. The third kappa shape index (κ3) is 2.24. The molecule has 3 atom stereocenters. The number of amides is 1. The second-order valence-electron chi connectivity index (χ2n) is 8.69. The van der Waals surface area contributed by atoms with Gasteiger partial charge in [-0.2, -0.15) is 0 Å². The molecule has 6 heteroatoms. The molecule has 5 nitrogen and oxygen atoms in total. The first-order chi connectivity index (χ1) is 12.1. The van der Waals surface area contributed by atoms with E-state index in [1.54, 1.807) is 25.2 Å². The highest BCUT2D eigenvalue weighted by molar-refractivity contribution is 7.71. The molecule has 2 bridgehead atoms. The van der Waals surface area contributed by atoms with E-state index < -0.39 is 0 Å². The number of hydrogen-bond donors (Lipinski definition) is 2. The molecule has 2 fully saturated rings. The fraction of sp³-hybridized carbons (Fsp3) is 0.550. The van der Waals surface area contributed by atoms with Gasteiger partial charge in [0.2, 0.25) is 0 Å². The molecule has 1 aromatic carbocycles. The van der Waals surface area contributed by atoms with Crippen LogP contribution in [0.4, 0.5) is 0 Å². The predicted octanol–water partition coefficient (Wildman–Crippen LogP) is 3.54. The number of H-pyrrole nitrogens is 1. The van der Waals surface area contributed by atoms with Crippen LogP contribution in [-0.2, 0) is 7.05 Å². The average Bonchev–Trinajstić information content (AvgIpc) is 2.92. The Labute approximate surface area is 157 Å². The number of carbonyl (C=O) groups is 1. The van der Waals surface area contributed by atoms with Crippen molar-refractivity contribution < 1.29 is 4.79 Å². The first-order valence-corrected chi connectivity index (χ1v) is 9.60. The van der Waals surface area contributed by atoms with Crippen molar-refractivity contribution in [3.8, 4) is 0 Å². The van der Waals surface area contributed by atoms with Crippen molar-refractivity contribution in [3.05, 3.63) is 38.9 Å². The monoisotopic (exact) mass is 371 g/mol. The lowest BCUT2D eigenvalue weighted by atomic mass is 9.69. The summed E-state index contributed by atoms with van der Waals surface area (Å²) >= 11 is 5.18. The molecule has 0 aliphatic heterocycles. The SMILES string of the molecule is Cn1c(=S)[nH]c2cc(C(=O)NC3CC4CCC3(C)C4(C)C)ccc2c1=O. The van der Waals surface area contributed by atoms with E-state index in [-0.39, 0.29) is 28.3 Å². The molecule has 0 radical (unpaired) electrons. The van der Waals surface area contributed by atoms with E-state index in [1.165, 1.54) is 11.0 Å². The van der Waals surface area contributed by atoms with Crippen LogP contribution in [0.15, 0.2) is 23.0 Å². The minimum absolute atomic E-state index is 0.0820. The summed E-state index contributed by atoms with van der Waals surface area (Å²) in [7, 11) is 1.64. The van der Waals surface area contributed by atoms with Crippen LogP contribution in [0.1, 0.15) is 50.4 Å². The summed E-state index contributed by atoms with van der Waals surface area (Å²) in [5, 5.41) is 3.80. The molecule has 26 heavy (non-hydrogen) atoms. The Balaban J connectivity index is 1.65. The molecule has 4 rings (SSSR count). The van der Waals surface area contributed by atoms with Gasteiger partial charge in [-0.25, -0.2) is 0 Å². The minimum atomic E-state index is -0.155. The topological polar surface area (TPSA) is 66.9 Å². The maximum absolute atomic E-state index is 12.9. The van der Waals surface area contributed by atoms with Crippen molar-refractivity contribution in [2.75, 3.05) is 0 Å². The van der Waals surface area contributed by atoms with E-state index in [9.17, 15) is 9.59 Å². The van der Waals surface area contributed by atoms with E-state index in [0.717, 1.165) is 12.8 Å². The zero-order chi connectivity index (χ0) is 18.9. The quantitative estimate of drug-likeness (QED) is 0.794. The molecule has 0 saturated heterocycles. The number of aromatic nitrogens is 2. The summed E-state index contributed by atoms with van der Waals surface area (Å²) in [5.41, 5.74) is 1.40. The van der Waals surface area contributed by atoms with Gasteiger partial charge in [0.1, 0.15) is 0 Å². The largest absolute Gasteiger partial charge is 0.349 e. The summed E-state index contributed by atoms with van der Waals surface area (Å²) in [4.78, 5) is 28.2. The number of nitrogens with zero attached hydrogens (tertiary/aromatic N) is 1. The zero-order valence-corrected chi connectivity index (χ0v) is 16.5. The van der Waals surface area contributed by atoms with Crippen LogP contribution in [0.25, 0.3) is 10.9 Å². The van der Waals surface area contributed by atoms with Gasteiger partial charge in [-0.05, 0) is 66.4 Å². The Morgan fingerprint density at radius 3 is 2.69 bits per heavy atom. The van der Waals surface area contributed by atoms with Gasteiger partial charge in [0.05, 0.1) is 10.9 Å². The molecule has 2 N–H and O–H groups in total. The van der Waals surface area contributed by atoms with Gasteiger partial charge in [0, 0.05) is 18.7 Å². The lowest BCUT2D eigenvalue weighted by Gasteiger charge is -2.39. The molecule has 2 aliphatic carbocycles. The van der Waals surface area contributed by atoms with Gasteiger partial charge in [-0.1, -0.05) is 20.8 Å². The second kappa shape index (κ2) is 5.52. The van der Waals surface area contributed by atoms with Gasteiger partial charge in [-0.15, -0.1) is 0 Å². The molecular weight excluding hydrogens is 346 g/mol. The normalized spacial score (nSPS) is 29.2. The Kier molecular flexibility index (Phi) is 3.71. The fourth-order valence-electron chi connectivity index (χ4n) is 5.11. The van der Waals surface area contributed by atoms with E-state index in [2.05, 4.69) is 31.1 Å². The van der Waals surface area contributed by atoms with Crippen LogP contribution in [0.5, 0.6) is 0 Å². The third-order valence-electron chi connectivity index (χ3n) is 7.46. The molecule has 0 spiro atoms. The van der Waals surface area contributed by atoms with E-state index in [0.29, 0.717) is 27.2 Å². The number of hydrogen-bond acceptors (Lipinski definition) is 3. The minimum Gasteiger partial charge on any atom is -0.349 e. The van der Waals surface area contributed by atoms with Crippen LogP contribution < -0.4 is 10.9 Å². The van der Waals surface area contributed by atoms with Crippen LogP contribution >= 0.6 is 12.2 Å². The first-order valence-electron chi connectivity index (χ1n) is 9.19. The number of fused-ring (bicyclic) bond motifs is 3. The zero-order valence-electron chi connectivity index (χ0n) is 15.7. The summed E-state index contributed by atoms with van der Waals surface area (Å²) in [6, 6.07) is 5.34. The summed E-state index contributed by atoms with van der Waals surface area (Å²) < 4.78 is 1.75. The average molecular weight is 372 g/mol. The predicted molar refractivity (Wildman–Crippen MR) is 105 cm³/mol. The summed E-state index contributed by atoms with van der Waals surface area (Å²) in [6.45, 7) is 6.98. The number of rotatable bonds is 2. The summed E-state index contributed by atoms with van der Waals surface area (Å²) in [5.74, 6) is 0.593. The highest BCUT2D eigenvalue weighted by Gasteiger charge is 2.61. The molecule has 2 saturated carbocycles. The van der Waals surface area contributed by atoms with Crippen LogP contribution in [0, 0.1) is 21.5 Å². The lowest BCUT2D eigenvalue weighted by Crippen LogP contribution is -2.46. The van der Waals surface area contributed by atoms with Crippen molar-refractivity contribution in [2.45, 2.75) is 46.1 Å². The van der Waals surface area contributed by atoms with Crippen molar-refractivity contribution in [1.29, 1.82) is 0 Å². The number of benzene rings is 1. The Bertz CT molecular complexity index is 1040. The van der Waals surface area contributed by atoms with Gasteiger partial charge in [0.15, 0.2) is 4.77 Å². The number of nitrogens with one attached hydrogen (secondary N) is 2. The van der Waals surface area contributed by atoms with Gasteiger partial charge in [-0.3, -0.25) is 14.2 Å². The van der Waals surface area contributed by atoms with Crippen molar-refractivity contribution in [3.63, 3.8) is 0 Å². The molecular formula is C20H25N3O2S. The Morgan fingerprint density at radius 1 is 1.35 bits per heavy atom. The van der Waals surface area contributed by atoms with Crippen molar-refractivity contribution in [1.82, 2.24) is 14.9 Å². The smallest absolute Gasteiger partial charge is 0.261 e. The van der Waals surface area contributed by atoms with Gasteiger partial charge in [0.25, 0.3) is 11.5 Å². The number of aromatic amines is 1. The lowest BCUT2D eigenvalue weighted by molar-refractivity contribution is 0.0826. The standard InChI is InChI=1S/C20H25N3O2S/c1-19(2)12-7-8-20(19,3)15(10-12)22-16(24)11-5-6-13-14(9-11)21-18(26)23(4)17(13)25/h5-6,9,12,15H,7-8,10H2,1-4H3,(H,21,26)(H,22,24).